The van der Waals surface area contributed by atoms with E-state index in [0.717, 1.165) is 43.4 Å². The highest BCUT2D eigenvalue weighted by Gasteiger charge is 2.22. The van der Waals surface area contributed by atoms with Crippen LogP contribution in [0.4, 0.5) is 0 Å². The Balaban J connectivity index is 1.50. The van der Waals surface area contributed by atoms with Gasteiger partial charge in [0.25, 0.3) is 0 Å². The van der Waals surface area contributed by atoms with E-state index >= 15 is 0 Å². The number of rotatable bonds is 5. The van der Waals surface area contributed by atoms with Gasteiger partial charge < -0.3 is 5.32 Å². The number of carbonyl (C=O) groups is 1. The van der Waals surface area contributed by atoms with Crippen LogP contribution < -0.4 is 5.32 Å². The zero-order chi connectivity index (χ0) is 15.2. The molecule has 1 N–H and O–H groups in total. The number of aryl methyl sites for hydroxylation is 2. The standard InChI is InChI=1S/C18H21N3O/c22-18(11-4-8-14-6-2-1-3-7-14)21-17-10-5-9-16-15(17)12-19-13-20-16/h1-3,6-7,12-13,17H,4-5,8-11H2,(H,21,22)/t17-/m1/s1. The van der Waals surface area contributed by atoms with Crippen molar-refractivity contribution in [3.63, 3.8) is 0 Å². The number of hydrogen-bond acceptors (Lipinski definition) is 3. The zero-order valence-electron chi connectivity index (χ0n) is 12.7. The van der Waals surface area contributed by atoms with Gasteiger partial charge in [-0.1, -0.05) is 30.3 Å². The van der Waals surface area contributed by atoms with Crippen LogP contribution in [0, 0.1) is 0 Å². The summed E-state index contributed by atoms with van der Waals surface area (Å²) in [6.07, 6.45) is 8.84. The van der Waals surface area contributed by atoms with Gasteiger partial charge in [-0.3, -0.25) is 4.79 Å². The van der Waals surface area contributed by atoms with Crippen LogP contribution in [0.3, 0.4) is 0 Å². The third kappa shape index (κ3) is 3.70. The van der Waals surface area contributed by atoms with Gasteiger partial charge in [0.2, 0.25) is 5.91 Å². The molecule has 0 saturated heterocycles. The molecule has 0 spiro atoms. The Morgan fingerprint density at radius 3 is 3.00 bits per heavy atom. The molecule has 1 aliphatic rings. The van der Waals surface area contributed by atoms with Gasteiger partial charge in [-0.25, -0.2) is 9.97 Å². The maximum atomic E-state index is 12.2. The highest BCUT2D eigenvalue weighted by Crippen LogP contribution is 2.27. The molecule has 1 aromatic carbocycles. The van der Waals surface area contributed by atoms with E-state index in [9.17, 15) is 4.79 Å². The normalized spacial score (nSPS) is 16.8. The van der Waals surface area contributed by atoms with Crippen molar-refractivity contribution in [3.05, 3.63) is 59.7 Å². The predicted octanol–water partition coefficient (Wildman–Crippen LogP) is 2.99. The average molecular weight is 295 g/mol. The van der Waals surface area contributed by atoms with Gasteiger partial charge in [0, 0.05) is 23.9 Å². The number of benzene rings is 1. The maximum absolute atomic E-state index is 12.2. The van der Waals surface area contributed by atoms with Crippen LogP contribution in [0.15, 0.2) is 42.9 Å². The second-order valence-corrected chi connectivity index (χ2v) is 5.78. The van der Waals surface area contributed by atoms with Gasteiger partial charge in [-0.05, 0) is 37.7 Å². The van der Waals surface area contributed by atoms with Crippen LogP contribution in [0.25, 0.3) is 0 Å². The summed E-state index contributed by atoms with van der Waals surface area (Å²) in [5.41, 5.74) is 3.45. The molecule has 3 rings (SSSR count). The minimum absolute atomic E-state index is 0.0779. The van der Waals surface area contributed by atoms with E-state index < -0.39 is 0 Å². The number of amides is 1. The molecule has 0 aliphatic heterocycles. The monoisotopic (exact) mass is 295 g/mol. The summed E-state index contributed by atoms with van der Waals surface area (Å²) in [4.78, 5) is 20.6. The maximum Gasteiger partial charge on any atom is 0.220 e. The van der Waals surface area contributed by atoms with Gasteiger partial charge in [0.05, 0.1) is 6.04 Å². The molecule has 1 aliphatic carbocycles. The third-order valence-electron chi connectivity index (χ3n) is 4.16. The highest BCUT2D eigenvalue weighted by molar-refractivity contribution is 5.76. The fourth-order valence-corrected chi connectivity index (χ4v) is 3.01. The lowest BCUT2D eigenvalue weighted by molar-refractivity contribution is -0.122. The van der Waals surface area contributed by atoms with Crippen molar-refractivity contribution in [3.8, 4) is 0 Å². The lowest BCUT2D eigenvalue weighted by Crippen LogP contribution is -2.31. The van der Waals surface area contributed by atoms with Crippen molar-refractivity contribution in [2.24, 2.45) is 0 Å². The molecule has 4 nitrogen and oxygen atoms in total. The summed E-state index contributed by atoms with van der Waals surface area (Å²) < 4.78 is 0. The number of aromatic nitrogens is 2. The molecule has 22 heavy (non-hydrogen) atoms. The van der Waals surface area contributed by atoms with Crippen LogP contribution in [0.1, 0.15) is 48.5 Å². The molecule has 0 saturated carbocycles. The van der Waals surface area contributed by atoms with E-state index in [4.69, 9.17) is 0 Å². The Morgan fingerprint density at radius 1 is 1.27 bits per heavy atom. The third-order valence-corrected chi connectivity index (χ3v) is 4.16. The molecule has 0 fully saturated rings. The number of carbonyl (C=O) groups excluding carboxylic acids is 1. The second-order valence-electron chi connectivity index (χ2n) is 5.78. The summed E-state index contributed by atoms with van der Waals surface area (Å²) in [5, 5.41) is 3.14. The van der Waals surface area contributed by atoms with Crippen LogP contribution in [0.2, 0.25) is 0 Å². The predicted molar refractivity (Wildman–Crippen MR) is 85.2 cm³/mol. The van der Waals surface area contributed by atoms with E-state index in [-0.39, 0.29) is 11.9 Å². The van der Waals surface area contributed by atoms with Crippen LogP contribution in [0.5, 0.6) is 0 Å². The summed E-state index contributed by atoms with van der Waals surface area (Å²) in [6, 6.07) is 10.4. The van der Waals surface area contributed by atoms with Crippen molar-refractivity contribution < 1.29 is 4.79 Å². The second kappa shape index (κ2) is 7.16. The van der Waals surface area contributed by atoms with Crippen LogP contribution in [-0.4, -0.2) is 15.9 Å². The minimum Gasteiger partial charge on any atom is -0.349 e. The Labute approximate surface area is 131 Å². The Bertz CT molecular complexity index is 627. The van der Waals surface area contributed by atoms with E-state index in [0.29, 0.717) is 6.42 Å². The summed E-state index contributed by atoms with van der Waals surface area (Å²) in [7, 11) is 0. The first-order chi connectivity index (χ1) is 10.8. The van der Waals surface area contributed by atoms with E-state index in [1.165, 1.54) is 5.56 Å². The SMILES string of the molecule is O=C(CCCc1ccccc1)N[C@@H]1CCCc2ncncc21. The summed E-state index contributed by atoms with van der Waals surface area (Å²) >= 11 is 0. The number of nitrogens with zero attached hydrogens (tertiary/aromatic N) is 2. The molecular formula is C18H21N3O. The van der Waals surface area contributed by atoms with Gasteiger partial charge in [0.1, 0.15) is 6.33 Å². The van der Waals surface area contributed by atoms with Gasteiger partial charge in [-0.2, -0.15) is 0 Å². The van der Waals surface area contributed by atoms with Crippen molar-refractivity contribution in [2.45, 2.75) is 44.6 Å². The molecule has 0 radical (unpaired) electrons. The molecule has 1 heterocycles. The molecule has 0 unspecified atom stereocenters. The molecule has 114 valence electrons. The lowest BCUT2D eigenvalue weighted by atomic mass is 9.92. The van der Waals surface area contributed by atoms with E-state index in [1.54, 1.807) is 6.33 Å². The smallest absolute Gasteiger partial charge is 0.220 e. The highest BCUT2D eigenvalue weighted by atomic mass is 16.1. The fourth-order valence-electron chi connectivity index (χ4n) is 3.01. The largest absolute Gasteiger partial charge is 0.349 e. The molecule has 2 aromatic rings. The topological polar surface area (TPSA) is 54.9 Å². The number of nitrogens with one attached hydrogen (secondary N) is 1. The van der Waals surface area contributed by atoms with Crippen molar-refractivity contribution in [1.82, 2.24) is 15.3 Å². The molecule has 1 aromatic heterocycles. The quantitative estimate of drug-likeness (QED) is 0.922. The Hall–Kier alpha value is -2.23. The first kappa shape index (κ1) is 14.7. The average Bonchev–Trinajstić information content (AvgIpc) is 2.56. The molecule has 1 amide bonds. The van der Waals surface area contributed by atoms with Crippen LogP contribution >= 0.6 is 0 Å². The molecule has 0 bridgehead atoms. The van der Waals surface area contributed by atoms with Crippen molar-refractivity contribution >= 4 is 5.91 Å². The first-order valence-electron chi connectivity index (χ1n) is 7.95. The first-order valence-corrected chi connectivity index (χ1v) is 7.95. The van der Waals surface area contributed by atoms with E-state index in [2.05, 4.69) is 27.4 Å². The molecule has 4 heteroatoms. The fraction of sp³-hybridized carbons (Fsp3) is 0.389. The number of hydrogen-bond donors (Lipinski definition) is 1. The Kier molecular flexibility index (Phi) is 4.78. The summed E-state index contributed by atoms with van der Waals surface area (Å²) in [5.74, 6) is 0.123. The van der Waals surface area contributed by atoms with Crippen LogP contribution in [-0.2, 0) is 17.6 Å². The van der Waals surface area contributed by atoms with Gasteiger partial charge in [0.15, 0.2) is 0 Å². The van der Waals surface area contributed by atoms with Crippen molar-refractivity contribution in [1.29, 1.82) is 0 Å². The Morgan fingerprint density at radius 2 is 2.14 bits per heavy atom. The lowest BCUT2D eigenvalue weighted by Gasteiger charge is -2.25. The van der Waals surface area contributed by atoms with E-state index in [1.807, 2.05) is 24.4 Å². The number of fused-ring (bicyclic) bond motifs is 1. The molecular weight excluding hydrogens is 274 g/mol. The van der Waals surface area contributed by atoms with Gasteiger partial charge >= 0.3 is 0 Å². The molecule has 1 atom stereocenters. The van der Waals surface area contributed by atoms with Gasteiger partial charge in [-0.15, -0.1) is 0 Å². The van der Waals surface area contributed by atoms with Crippen molar-refractivity contribution in [2.75, 3.05) is 0 Å². The zero-order valence-corrected chi connectivity index (χ0v) is 12.7. The summed E-state index contributed by atoms with van der Waals surface area (Å²) in [6.45, 7) is 0. The minimum atomic E-state index is 0.0779.